The first-order valence-corrected chi connectivity index (χ1v) is 14.8. The van der Waals surface area contributed by atoms with Crippen molar-refractivity contribution < 1.29 is 37.9 Å². The molecule has 228 valence electrons. The smallest absolute Gasteiger partial charge is 0.353 e. The van der Waals surface area contributed by atoms with Crippen molar-refractivity contribution in [2.45, 2.75) is 69.3 Å². The Morgan fingerprint density at radius 3 is 2.66 bits per heavy atom. The third kappa shape index (κ3) is 6.51. The maximum absolute atomic E-state index is 13.1. The molecule has 4 N–H and O–H groups in total. The van der Waals surface area contributed by atoms with Crippen molar-refractivity contribution in [1.82, 2.24) is 30.7 Å². The quantitative estimate of drug-likeness (QED) is 0.254. The number of halogens is 2. The van der Waals surface area contributed by atoms with E-state index in [0.717, 1.165) is 19.4 Å². The zero-order chi connectivity index (χ0) is 30.0. The number of carboxylic acids is 1. The normalized spacial score (nSPS) is 28.7. The Morgan fingerprint density at radius 1 is 1.24 bits per heavy atom. The van der Waals surface area contributed by atoms with Gasteiger partial charge in [-0.05, 0) is 32.7 Å². The van der Waals surface area contributed by atoms with Crippen LogP contribution in [0.3, 0.4) is 0 Å². The van der Waals surface area contributed by atoms with Gasteiger partial charge in [-0.3, -0.25) is 24.5 Å². The summed E-state index contributed by atoms with van der Waals surface area (Å²) in [5.74, 6) is -4.63. The number of carboxylic acid groups (broad SMARTS) is 1. The number of hydrogen-bond donors (Lipinski definition) is 4. The van der Waals surface area contributed by atoms with Crippen LogP contribution in [0.25, 0.3) is 0 Å². The largest absolute Gasteiger partial charge is 0.477 e. The van der Waals surface area contributed by atoms with E-state index in [1.165, 1.54) is 28.5 Å². The molecule has 15 heteroatoms. The molecule has 0 radical (unpaired) electrons. The van der Waals surface area contributed by atoms with E-state index < -0.39 is 54.2 Å². The second kappa shape index (κ2) is 13.0. The molecule has 12 nitrogen and oxygen atoms in total. The number of nitrogens with one attached hydrogen (secondary N) is 3. The molecule has 0 aromatic carbocycles. The van der Waals surface area contributed by atoms with Crippen molar-refractivity contribution in [3.63, 3.8) is 0 Å². The Labute approximate surface area is 241 Å². The van der Waals surface area contributed by atoms with Crippen molar-refractivity contribution in [3.8, 4) is 0 Å². The fourth-order valence-corrected chi connectivity index (χ4v) is 7.57. The van der Waals surface area contributed by atoms with Crippen molar-refractivity contribution >= 4 is 41.4 Å². The molecule has 4 aliphatic rings. The summed E-state index contributed by atoms with van der Waals surface area (Å²) in [5, 5.41) is 18.4. The number of thioether (sulfide) groups is 1. The minimum Gasteiger partial charge on any atom is -0.477 e. The van der Waals surface area contributed by atoms with Gasteiger partial charge in [-0.25, -0.2) is 4.79 Å². The molecular formula is C26H38F2N6O6S. The van der Waals surface area contributed by atoms with Crippen LogP contribution in [-0.2, 0) is 24.0 Å². The maximum Gasteiger partial charge on any atom is 0.353 e. The minimum absolute atomic E-state index is 0.00390. The number of alkyl halides is 2. The van der Waals surface area contributed by atoms with Gasteiger partial charge in [-0.1, -0.05) is 6.92 Å². The van der Waals surface area contributed by atoms with Crippen LogP contribution < -0.4 is 16.0 Å². The van der Waals surface area contributed by atoms with Crippen LogP contribution in [0, 0.1) is 11.8 Å². The van der Waals surface area contributed by atoms with Gasteiger partial charge in [0.15, 0.2) is 0 Å². The molecule has 6 atom stereocenters. The molecule has 4 amide bonds. The third-order valence-corrected chi connectivity index (χ3v) is 9.82. The Hall–Kier alpha value is -2.78. The van der Waals surface area contributed by atoms with Gasteiger partial charge in [0.1, 0.15) is 5.70 Å². The minimum atomic E-state index is -3.22. The average Bonchev–Trinajstić information content (AvgIpc) is 3.35. The third-order valence-electron chi connectivity index (χ3n) is 8.30. The summed E-state index contributed by atoms with van der Waals surface area (Å²) in [6, 6.07) is -1.95. The molecule has 0 aromatic rings. The summed E-state index contributed by atoms with van der Waals surface area (Å²) < 4.78 is 25.5. The lowest BCUT2D eigenvalue weighted by molar-refractivity contribution is -0.159. The topological polar surface area (TPSA) is 151 Å². The average molecular weight is 601 g/mol. The molecule has 4 heterocycles. The number of amides is 4. The monoisotopic (exact) mass is 600 g/mol. The molecule has 4 aliphatic heterocycles. The van der Waals surface area contributed by atoms with Gasteiger partial charge in [0.2, 0.25) is 17.7 Å². The molecule has 41 heavy (non-hydrogen) atoms. The van der Waals surface area contributed by atoms with Gasteiger partial charge in [-0.15, -0.1) is 11.8 Å². The molecule has 0 aliphatic carbocycles. The highest BCUT2D eigenvalue weighted by Gasteiger charge is 2.60. The van der Waals surface area contributed by atoms with Gasteiger partial charge < -0.3 is 30.4 Å². The van der Waals surface area contributed by atoms with Crippen LogP contribution >= 0.6 is 11.8 Å². The van der Waals surface area contributed by atoms with Crippen molar-refractivity contribution in [2.75, 3.05) is 39.9 Å². The molecule has 0 aromatic heterocycles. The fraction of sp³-hybridized carbons (Fsp3) is 0.731. The lowest BCUT2D eigenvalue weighted by atomic mass is 9.78. The molecule has 3 saturated heterocycles. The van der Waals surface area contributed by atoms with Crippen LogP contribution in [0.2, 0.25) is 0 Å². The Bertz CT molecular complexity index is 1100. The first-order valence-electron chi connectivity index (χ1n) is 13.9. The summed E-state index contributed by atoms with van der Waals surface area (Å²) in [6.07, 6.45) is -0.593. The van der Waals surface area contributed by atoms with Gasteiger partial charge in [0, 0.05) is 55.2 Å². The first kappa shape index (κ1) is 31.2. The molecule has 3 fully saturated rings. The SMILES string of the molecule is C[C@@H](NC(=O)C(F)F)[C@H]1C(=O)N2C(C(=O)O)=C(S[C@@H]3CN[C@H](C(=O)N(C)CCC(=O)N4CCCCNC4)C3)[C@H](C)[C@H]12. The summed E-state index contributed by atoms with van der Waals surface area (Å²) in [4.78, 5) is 67.3. The number of nitrogens with zero attached hydrogens (tertiary/aromatic N) is 3. The number of likely N-dealkylation sites (N-methyl/N-ethyl adjacent to an activating group) is 1. The summed E-state index contributed by atoms with van der Waals surface area (Å²) >= 11 is 1.31. The zero-order valence-corrected chi connectivity index (χ0v) is 24.2. The lowest BCUT2D eigenvalue weighted by Crippen LogP contribution is -2.66. The van der Waals surface area contributed by atoms with E-state index in [2.05, 4.69) is 16.0 Å². The number of carbonyl (C=O) groups excluding carboxylic acids is 4. The highest BCUT2D eigenvalue weighted by molar-refractivity contribution is 8.03. The highest BCUT2D eigenvalue weighted by atomic mass is 32.2. The number of carbonyl (C=O) groups is 5. The molecule has 0 unspecified atom stereocenters. The molecule has 0 bridgehead atoms. The number of fused-ring (bicyclic) bond motifs is 1. The Balaban J connectivity index is 1.33. The van der Waals surface area contributed by atoms with Crippen LogP contribution in [0.5, 0.6) is 0 Å². The molecule has 0 spiro atoms. The fourth-order valence-electron chi connectivity index (χ4n) is 6.09. The second-order valence-corrected chi connectivity index (χ2v) is 12.4. The molecule has 0 saturated carbocycles. The van der Waals surface area contributed by atoms with Crippen LogP contribution in [0.1, 0.15) is 39.5 Å². The van der Waals surface area contributed by atoms with Crippen LogP contribution in [0.15, 0.2) is 10.6 Å². The predicted octanol–water partition coefficient (Wildman–Crippen LogP) is 0.0108. The highest BCUT2D eigenvalue weighted by Crippen LogP contribution is 2.51. The maximum atomic E-state index is 13.1. The number of hydrogen-bond acceptors (Lipinski definition) is 8. The van der Waals surface area contributed by atoms with E-state index in [0.29, 0.717) is 31.1 Å². The summed E-state index contributed by atoms with van der Waals surface area (Å²) in [6.45, 7) is 6.08. The zero-order valence-electron chi connectivity index (χ0n) is 23.4. The van der Waals surface area contributed by atoms with Crippen LogP contribution in [0.4, 0.5) is 8.78 Å². The van der Waals surface area contributed by atoms with E-state index >= 15 is 0 Å². The number of β-lactam (4-membered cyclic amide) rings is 1. The first-order chi connectivity index (χ1) is 19.4. The number of rotatable bonds is 10. The van der Waals surface area contributed by atoms with Gasteiger partial charge >= 0.3 is 12.4 Å². The van der Waals surface area contributed by atoms with E-state index in [4.69, 9.17) is 0 Å². The van der Waals surface area contributed by atoms with Crippen molar-refractivity contribution in [2.24, 2.45) is 11.8 Å². The van der Waals surface area contributed by atoms with Crippen molar-refractivity contribution in [3.05, 3.63) is 10.6 Å². The predicted molar refractivity (Wildman–Crippen MR) is 145 cm³/mol. The Kier molecular flexibility index (Phi) is 9.90. The van der Waals surface area contributed by atoms with Crippen molar-refractivity contribution in [1.29, 1.82) is 0 Å². The van der Waals surface area contributed by atoms with Gasteiger partial charge in [0.25, 0.3) is 5.91 Å². The summed E-state index contributed by atoms with van der Waals surface area (Å²) in [5.41, 5.74) is -0.130. The van der Waals surface area contributed by atoms with Gasteiger partial charge in [0.05, 0.1) is 24.7 Å². The van der Waals surface area contributed by atoms with E-state index in [-0.39, 0.29) is 35.7 Å². The standard InChI is InChI=1S/C26H38F2N6O6S/c1-13-19-18(14(2)31-23(36)22(27)28)25(38)34(19)20(26(39)40)21(13)41-15-10-16(30-11-15)24(37)32(3)9-6-17(35)33-8-5-4-7-29-12-33/h13-16,18-19,22,29-30H,4-12H2,1-3H3,(H,31,36)(H,39,40)/t13-,14-,15+,16+,18-,19-/m1/s1. The van der Waals surface area contributed by atoms with E-state index in [9.17, 15) is 37.9 Å². The Morgan fingerprint density at radius 2 is 1.98 bits per heavy atom. The summed E-state index contributed by atoms with van der Waals surface area (Å²) in [7, 11) is 1.66. The molecular weight excluding hydrogens is 562 g/mol. The number of aliphatic carboxylic acids is 1. The second-order valence-electron chi connectivity index (χ2n) is 11.1. The lowest BCUT2D eigenvalue weighted by Gasteiger charge is -2.47. The van der Waals surface area contributed by atoms with Gasteiger partial charge in [-0.2, -0.15) is 8.78 Å². The molecule has 4 rings (SSSR count). The van der Waals surface area contributed by atoms with E-state index in [1.54, 1.807) is 18.9 Å². The van der Waals surface area contributed by atoms with Crippen LogP contribution in [-0.4, -0.2) is 119 Å². The van der Waals surface area contributed by atoms with E-state index in [1.807, 2.05) is 0 Å².